The molecule has 76 valence electrons. The molecule has 3 nitrogen and oxygen atoms in total. The fourth-order valence-electron chi connectivity index (χ4n) is 1.94. The second kappa shape index (κ2) is 5.22. The van der Waals surface area contributed by atoms with Crippen LogP contribution in [0.5, 0.6) is 0 Å². The molecule has 0 N–H and O–H groups in total. The SMILES string of the molecule is CCC(C(=O)OC)N1CCCCC1. The number of esters is 1. The van der Waals surface area contributed by atoms with Gasteiger partial charge in [-0.05, 0) is 32.4 Å². The van der Waals surface area contributed by atoms with Crippen LogP contribution < -0.4 is 0 Å². The monoisotopic (exact) mass is 185 g/mol. The van der Waals surface area contributed by atoms with Gasteiger partial charge in [-0.2, -0.15) is 0 Å². The summed E-state index contributed by atoms with van der Waals surface area (Å²) in [6, 6.07) is -0.00898. The highest BCUT2D eigenvalue weighted by atomic mass is 16.5. The molecule has 1 aliphatic rings. The Labute approximate surface area is 80.1 Å². The molecule has 0 amide bonds. The summed E-state index contributed by atoms with van der Waals surface area (Å²) in [6.45, 7) is 4.14. The molecule has 1 heterocycles. The van der Waals surface area contributed by atoms with Crippen LogP contribution in [0, 0.1) is 0 Å². The lowest BCUT2D eigenvalue weighted by atomic mass is 10.1. The highest BCUT2D eigenvalue weighted by molar-refractivity contribution is 5.75. The molecule has 1 aliphatic heterocycles. The first-order valence-electron chi connectivity index (χ1n) is 5.11. The molecule has 1 rings (SSSR count). The lowest BCUT2D eigenvalue weighted by Crippen LogP contribution is -2.44. The minimum Gasteiger partial charge on any atom is -0.468 e. The third-order valence-corrected chi connectivity index (χ3v) is 2.69. The summed E-state index contributed by atoms with van der Waals surface area (Å²) >= 11 is 0. The predicted octanol–water partition coefficient (Wildman–Crippen LogP) is 1.42. The van der Waals surface area contributed by atoms with E-state index in [0.29, 0.717) is 0 Å². The van der Waals surface area contributed by atoms with Crippen LogP contribution in [-0.4, -0.2) is 37.1 Å². The molecule has 0 spiro atoms. The molecule has 1 fully saturated rings. The molecule has 13 heavy (non-hydrogen) atoms. The van der Waals surface area contributed by atoms with Crippen LogP contribution in [0.4, 0.5) is 0 Å². The fourth-order valence-corrected chi connectivity index (χ4v) is 1.94. The number of carbonyl (C=O) groups excluding carboxylic acids is 1. The first kappa shape index (κ1) is 10.5. The fraction of sp³-hybridized carbons (Fsp3) is 0.900. The van der Waals surface area contributed by atoms with Crippen molar-refractivity contribution in [1.82, 2.24) is 4.90 Å². The molecule has 1 unspecified atom stereocenters. The standard InChI is InChI=1S/C10H19NO2/c1-3-9(10(12)13-2)11-7-5-4-6-8-11/h9H,3-8H2,1-2H3. The summed E-state index contributed by atoms with van der Waals surface area (Å²) < 4.78 is 4.78. The molecule has 0 bridgehead atoms. The van der Waals surface area contributed by atoms with Crippen molar-refractivity contribution in [3.8, 4) is 0 Å². The van der Waals surface area contributed by atoms with Gasteiger partial charge >= 0.3 is 5.97 Å². The average Bonchev–Trinajstić information content (AvgIpc) is 2.20. The summed E-state index contributed by atoms with van der Waals surface area (Å²) in [4.78, 5) is 13.6. The van der Waals surface area contributed by atoms with E-state index >= 15 is 0 Å². The first-order valence-corrected chi connectivity index (χ1v) is 5.11. The summed E-state index contributed by atoms with van der Waals surface area (Å²) in [7, 11) is 1.47. The Morgan fingerprint density at radius 3 is 2.46 bits per heavy atom. The Hall–Kier alpha value is -0.570. The van der Waals surface area contributed by atoms with E-state index in [1.165, 1.54) is 26.4 Å². The molecule has 0 aromatic rings. The summed E-state index contributed by atoms with van der Waals surface area (Å²) in [5.41, 5.74) is 0. The number of hydrogen-bond acceptors (Lipinski definition) is 3. The minimum atomic E-state index is -0.0793. The Balaban J connectivity index is 2.48. The van der Waals surface area contributed by atoms with Crippen LogP contribution >= 0.6 is 0 Å². The van der Waals surface area contributed by atoms with Gasteiger partial charge < -0.3 is 4.74 Å². The van der Waals surface area contributed by atoms with Crippen molar-refractivity contribution in [3.63, 3.8) is 0 Å². The molecule has 3 heteroatoms. The van der Waals surface area contributed by atoms with Gasteiger partial charge in [-0.25, -0.2) is 0 Å². The number of hydrogen-bond donors (Lipinski definition) is 0. The van der Waals surface area contributed by atoms with Gasteiger partial charge in [0.15, 0.2) is 0 Å². The number of ether oxygens (including phenoxy) is 1. The van der Waals surface area contributed by atoms with Crippen molar-refractivity contribution in [1.29, 1.82) is 0 Å². The quantitative estimate of drug-likeness (QED) is 0.623. The second-order valence-electron chi connectivity index (χ2n) is 3.54. The number of nitrogens with zero attached hydrogens (tertiary/aromatic N) is 1. The zero-order valence-corrected chi connectivity index (χ0v) is 8.58. The van der Waals surface area contributed by atoms with E-state index in [0.717, 1.165) is 19.5 Å². The van der Waals surface area contributed by atoms with Crippen molar-refractivity contribution in [2.24, 2.45) is 0 Å². The Morgan fingerprint density at radius 1 is 1.38 bits per heavy atom. The van der Waals surface area contributed by atoms with Crippen LogP contribution in [0.3, 0.4) is 0 Å². The number of likely N-dealkylation sites (tertiary alicyclic amines) is 1. The van der Waals surface area contributed by atoms with Crippen molar-refractivity contribution in [2.45, 2.75) is 38.6 Å². The number of rotatable bonds is 3. The third-order valence-electron chi connectivity index (χ3n) is 2.69. The zero-order valence-electron chi connectivity index (χ0n) is 8.58. The van der Waals surface area contributed by atoms with Crippen LogP contribution in [0.15, 0.2) is 0 Å². The molecule has 1 saturated heterocycles. The Kier molecular flexibility index (Phi) is 4.22. The molecule has 0 aromatic heterocycles. The van der Waals surface area contributed by atoms with Gasteiger partial charge in [0.05, 0.1) is 7.11 Å². The average molecular weight is 185 g/mol. The van der Waals surface area contributed by atoms with Crippen molar-refractivity contribution in [2.75, 3.05) is 20.2 Å². The second-order valence-corrected chi connectivity index (χ2v) is 3.54. The molecular weight excluding hydrogens is 166 g/mol. The number of methoxy groups -OCH3 is 1. The Bertz CT molecular complexity index is 164. The highest BCUT2D eigenvalue weighted by Gasteiger charge is 2.25. The molecular formula is C10H19NO2. The smallest absolute Gasteiger partial charge is 0.323 e. The van der Waals surface area contributed by atoms with Gasteiger partial charge in [0.2, 0.25) is 0 Å². The lowest BCUT2D eigenvalue weighted by molar-refractivity contribution is -0.147. The van der Waals surface area contributed by atoms with Gasteiger partial charge in [-0.15, -0.1) is 0 Å². The summed E-state index contributed by atoms with van der Waals surface area (Å²) in [6.07, 6.45) is 4.59. The topological polar surface area (TPSA) is 29.5 Å². The van der Waals surface area contributed by atoms with Crippen molar-refractivity contribution < 1.29 is 9.53 Å². The predicted molar refractivity (Wildman–Crippen MR) is 51.5 cm³/mol. The van der Waals surface area contributed by atoms with Crippen molar-refractivity contribution >= 4 is 5.97 Å². The maximum Gasteiger partial charge on any atom is 0.323 e. The van der Waals surface area contributed by atoms with E-state index < -0.39 is 0 Å². The Morgan fingerprint density at radius 2 is 2.00 bits per heavy atom. The van der Waals surface area contributed by atoms with Gasteiger partial charge in [0.1, 0.15) is 6.04 Å². The van der Waals surface area contributed by atoms with Crippen LogP contribution in [0.25, 0.3) is 0 Å². The number of piperidine rings is 1. The van der Waals surface area contributed by atoms with E-state index in [9.17, 15) is 4.79 Å². The molecule has 0 radical (unpaired) electrons. The maximum atomic E-state index is 11.4. The molecule has 0 aliphatic carbocycles. The van der Waals surface area contributed by atoms with E-state index in [4.69, 9.17) is 4.74 Å². The number of carbonyl (C=O) groups is 1. The van der Waals surface area contributed by atoms with E-state index in [1.807, 2.05) is 6.92 Å². The van der Waals surface area contributed by atoms with Gasteiger partial charge in [0, 0.05) is 0 Å². The van der Waals surface area contributed by atoms with Gasteiger partial charge in [0.25, 0.3) is 0 Å². The highest BCUT2D eigenvalue weighted by Crippen LogP contribution is 2.14. The summed E-state index contributed by atoms with van der Waals surface area (Å²) in [5, 5.41) is 0. The van der Waals surface area contributed by atoms with Crippen LogP contribution in [0.1, 0.15) is 32.6 Å². The lowest BCUT2D eigenvalue weighted by Gasteiger charge is -2.31. The van der Waals surface area contributed by atoms with Crippen LogP contribution in [-0.2, 0) is 9.53 Å². The van der Waals surface area contributed by atoms with Crippen molar-refractivity contribution in [3.05, 3.63) is 0 Å². The zero-order chi connectivity index (χ0) is 9.68. The summed E-state index contributed by atoms with van der Waals surface area (Å²) in [5.74, 6) is -0.0793. The third kappa shape index (κ3) is 2.69. The van der Waals surface area contributed by atoms with E-state index in [1.54, 1.807) is 0 Å². The molecule has 1 atom stereocenters. The minimum absolute atomic E-state index is 0.00898. The van der Waals surface area contributed by atoms with Gasteiger partial charge in [-0.3, -0.25) is 9.69 Å². The normalized spacial score (nSPS) is 21.1. The van der Waals surface area contributed by atoms with Gasteiger partial charge in [-0.1, -0.05) is 13.3 Å². The van der Waals surface area contributed by atoms with E-state index in [-0.39, 0.29) is 12.0 Å². The maximum absolute atomic E-state index is 11.4. The van der Waals surface area contributed by atoms with Crippen LogP contribution in [0.2, 0.25) is 0 Å². The first-order chi connectivity index (χ1) is 6.29. The van der Waals surface area contributed by atoms with E-state index in [2.05, 4.69) is 4.90 Å². The molecule has 0 aromatic carbocycles. The largest absolute Gasteiger partial charge is 0.468 e. The molecule has 0 saturated carbocycles.